The number of rotatable bonds is 3. The molecular formula is C12H11N3O2. The number of benzene rings is 1. The average Bonchev–Trinajstić information content (AvgIpc) is 2.35. The maximum absolute atomic E-state index is 10.6. The number of aromatic nitrogens is 1. The fourth-order valence-electron chi connectivity index (χ4n) is 1.39. The van der Waals surface area contributed by atoms with Crippen LogP contribution < -0.4 is 5.43 Å². The number of carboxylic acid groups (broad SMARTS) is 1. The van der Waals surface area contributed by atoms with Crippen molar-refractivity contribution in [1.29, 1.82) is 0 Å². The molecule has 0 amide bonds. The highest BCUT2D eigenvalue weighted by atomic mass is 16.4. The van der Waals surface area contributed by atoms with Gasteiger partial charge in [-0.15, -0.1) is 0 Å². The van der Waals surface area contributed by atoms with Gasteiger partial charge in [0.1, 0.15) is 5.71 Å². The number of fused-ring (bicyclic) bond motifs is 1. The van der Waals surface area contributed by atoms with Gasteiger partial charge in [-0.2, -0.15) is 5.10 Å². The quantitative estimate of drug-likeness (QED) is 0.624. The molecule has 0 fully saturated rings. The Hall–Kier alpha value is -2.43. The summed E-state index contributed by atoms with van der Waals surface area (Å²) in [6.07, 6.45) is 1.68. The number of pyridine rings is 1. The van der Waals surface area contributed by atoms with Crippen LogP contribution in [0.15, 0.2) is 41.6 Å². The van der Waals surface area contributed by atoms with Crippen molar-refractivity contribution in [3.8, 4) is 0 Å². The number of nitrogens with zero attached hydrogens (tertiary/aromatic N) is 2. The molecule has 86 valence electrons. The third kappa shape index (κ3) is 2.39. The Balaban J connectivity index is 2.37. The van der Waals surface area contributed by atoms with E-state index in [2.05, 4.69) is 15.5 Å². The van der Waals surface area contributed by atoms with Crippen molar-refractivity contribution in [3.05, 3.63) is 36.5 Å². The van der Waals surface area contributed by atoms with Crippen LogP contribution in [0.2, 0.25) is 0 Å². The Bertz CT molecular complexity index is 588. The molecule has 1 heterocycles. The lowest BCUT2D eigenvalue weighted by molar-refractivity contribution is -0.129. The van der Waals surface area contributed by atoms with Crippen molar-refractivity contribution < 1.29 is 9.90 Å². The van der Waals surface area contributed by atoms with Crippen molar-refractivity contribution in [1.82, 2.24) is 4.98 Å². The number of aliphatic carboxylic acids is 1. The first kappa shape index (κ1) is 11.1. The first-order chi connectivity index (χ1) is 8.18. The van der Waals surface area contributed by atoms with Crippen molar-refractivity contribution in [2.45, 2.75) is 6.92 Å². The van der Waals surface area contributed by atoms with Gasteiger partial charge in [-0.3, -0.25) is 10.4 Å². The number of hydrogen-bond acceptors (Lipinski definition) is 4. The van der Waals surface area contributed by atoms with Crippen LogP contribution in [-0.4, -0.2) is 21.8 Å². The molecule has 5 heteroatoms. The minimum Gasteiger partial charge on any atom is -0.477 e. The second-order valence-corrected chi connectivity index (χ2v) is 3.49. The molecule has 0 bridgehead atoms. The molecule has 17 heavy (non-hydrogen) atoms. The molecule has 2 aromatic rings. The third-order valence-corrected chi connectivity index (χ3v) is 2.29. The summed E-state index contributed by atoms with van der Waals surface area (Å²) < 4.78 is 0. The first-order valence-electron chi connectivity index (χ1n) is 5.06. The van der Waals surface area contributed by atoms with Crippen LogP contribution >= 0.6 is 0 Å². The average molecular weight is 229 g/mol. The summed E-state index contributed by atoms with van der Waals surface area (Å²) in [7, 11) is 0. The van der Waals surface area contributed by atoms with Gasteiger partial charge in [-0.05, 0) is 19.1 Å². The number of carboxylic acids is 1. The zero-order valence-electron chi connectivity index (χ0n) is 9.21. The van der Waals surface area contributed by atoms with Crippen LogP contribution in [0.3, 0.4) is 0 Å². The highest BCUT2D eigenvalue weighted by Gasteiger charge is 2.03. The van der Waals surface area contributed by atoms with Crippen molar-refractivity contribution in [3.63, 3.8) is 0 Å². The van der Waals surface area contributed by atoms with E-state index in [1.54, 1.807) is 12.3 Å². The van der Waals surface area contributed by atoms with Gasteiger partial charge in [-0.25, -0.2) is 4.79 Å². The highest BCUT2D eigenvalue weighted by Crippen LogP contribution is 2.20. The molecular weight excluding hydrogens is 218 g/mol. The van der Waals surface area contributed by atoms with Gasteiger partial charge < -0.3 is 5.11 Å². The molecule has 0 saturated heterocycles. The number of carbonyl (C=O) groups is 1. The normalized spacial score (nSPS) is 11.5. The topological polar surface area (TPSA) is 74.6 Å². The summed E-state index contributed by atoms with van der Waals surface area (Å²) >= 11 is 0. The number of hydrogen-bond donors (Lipinski definition) is 2. The molecule has 2 N–H and O–H groups in total. The fourth-order valence-corrected chi connectivity index (χ4v) is 1.39. The number of anilines is 1. The van der Waals surface area contributed by atoms with E-state index in [9.17, 15) is 4.79 Å². The van der Waals surface area contributed by atoms with Gasteiger partial charge in [-0.1, -0.05) is 18.2 Å². The Kier molecular flexibility index (Phi) is 3.00. The van der Waals surface area contributed by atoms with Crippen LogP contribution in [0.25, 0.3) is 10.9 Å². The van der Waals surface area contributed by atoms with Crippen LogP contribution in [0.4, 0.5) is 5.69 Å². The van der Waals surface area contributed by atoms with Gasteiger partial charge in [0.25, 0.3) is 0 Å². The molecule has 0 saturated carbocycles. The summed E-state index contributed by atoms with van der Waals surface area (Å²) in [5.74, 6) is -1.05. The predicted molar refractivity (Wildman–Crippen MR) is 66.1 cm³/mol. The Labute approximate surface area is 97.8 Å². The number of para-hydroxylation sites is 1. The van der Waals surface area contributed by atoms with E-state index in [0.717, 1.165) is 10.9 Å². The second kappa shape index (κ2) is 4.61. The number of hydrazone groups is 1. The van der Waals surface area contributed by atoms with Crippen LogP contribution in [0.5, 0.6) is 0 Å². The van der Waals surface area contributed by atoms with Gasteiger partial charge in [0.2, 0.25) is 0 Å². The standard InChI is InChI=1S/C12H11N3O2/c1-8(12(16)17)14-15-10-6-2-4-9-5-3-7-13-11(9)10/h2-7,15H,1H3,(H,16,17)/b14-8-. The lowest BCUT2D eigenvalue weighted by Gasteiger charge is -2.04. The van der Waals surface area contributed by atoms with Crippen molar-refractivity contribution in [2.75, 3.05) is 5.43 Å². The Morgan fingerprint density at radius 3 is 2.88 bits per heavy atom. The van der Waals surface area contributed by atoms with Gasteiger partial charge in [0.15, 0.2) is 0 Å². The summed E-state index contributed by atoms with van der Waals surface area (Å²) in [5.41, 5.74) is 4.16. The highest BCUT2D eigenvalue weighted by molar-refractivity contribution is 6.34. The molecule has 0 unspecified atom stereocenters. The van der Waals surface area contributed by atoms with Crippen LogP contribution in [0.1, 0.15) is 6.92 Å². The molecule has 0 radical (unpaired) electrons. The van der Waals surface area contributed by atoms with E-state index in [1.807, 2.05) is 24.3 Å². The molecule has 5 nitrogen and oxygen atoms in total. The van der Waals surface area contributed by atoms with Crippen LogP contribution in [-0.2, 0) is 4.79 Å². The second-order valence-electron chi connectivity index (χ2n) is 3.49. The first-order valence-corrected chi connectivity index (χ1v) is 5.06. The molecule has 2 rings (SSSR count). The molecule has 0 aliphatic heterocycles. The minimum atomic E-state index is -1.05. The Morgan fingerprint density at radius 2 is 2.12 bits per heavy atom. The summed E-state index contributed by atoms with van der Waals surface area (Å²) in [5, 5.41) is 13.4. The summed E-state index contributed by atoms with van der Waals surface area (Å²) in [6.45, 7) is 1.42. The largest absolute Gasteiger partial charge is 0.477 e. The smallest absolute Gasteiger partial charge is 0.351 e. The lowest BCUT2D eigenvalue weighted by atomic mass is 10.2. The predicted octanol–water partition coefficient (Wildman–Crippen LogP) is 2.11. The van der Waals surface area contributed by atoms with E-state index in [0.29, 0.717) is 5.69 Å². The van der Waals surface area contributed by atoms with E-state index >= 15 is 0 Å². The molecule has 1 aromatic carbocycles. The zero-order chi connectivity index (χ0) is 12.3. The Morgan fingerprint density at radius 1 is 1.35 bits per heavy atom. The number of nitrogens with one attached hydrogen (secondary N) is 1. The van der Waals surface area contributed by atoms with E-state index in [1.165, 1.54) is 6.92 Å². The van der Waals surface area contributed by atoms with Gasteiger partial charge >= 0.3 is 5.97 Å². The van der Waals surface area contributed by atoms with Gasteiger partial charge in [0, 0.05) is 11.6 Å². The minimum absolute atomic E-state index is 0.00191. The molecule has 0 aliphatic rings. The van der Waals surface area contributed by atoms with E-state index < -0.39 is 5.97 Å². The zero-order valence-corrected chi connectivity index (χ0v) is 9.21. The van der Waals surface area contributed by atoms with Crippen LogP contribution in [0, 0.1) is 0 Å². The molecule has 0 atom stereocenters. The van der Waals surface area contributed by atoms with Crippen molar-refractivity contribution >= 4 is 28.3 Å². The molecule has 1 aromatic heterocycles. The third-order valence-electron chi connectivity index (χ3n) is 2.29. The fraction of sp³-hybridized carbons (Fsp3) is 0.0833. The van der Waals surface area contributed by atoms with E-state index in [4.69, 9.17) is 5.11 Å². The van der Waals surface area contributed by atoms with E-state index in [-0.39, 0.29) is 5.71 Å². The maximum atomic E-state index is 10.6. The molecule has 0 aliphatic carbocycles. The maximum Gasteiger partial charge on any atom is 0.351 e. The summed E-state index contributed by atoms with van der Waals surface area (Å²) in [4.78, 5) is 14.8. The SMILES string of the molecule is C/C(=N/Nc1cccc2cccnc12)C(=O)O. The van der Waals surface area contributed by atoms with Crippen molar-refractivity contribution in [2.24, 2.45) is 5.10 Å². The molecule has 0 spiro atoms. The summed E-state index contributed by atoms with van der Waals surface area (Å²) in [6, 6.07) is 9.37. The lowest BCUT2D eigenvalue weighted by Crippen LogP contribution is -2.10. The van der Waals surface area contributed by atoms with Gasteiger partial charge in [0.05, 0.1) is 11.2 Å². The monoisotopic (exact) mass is 229 g/mol.